The third kappa shape index (κ3) is 5.05. The molecule has 6 heteroatoms. The van der Waals surface area contributed by atoms with Crippen LogP contribution in [-0.2, 0) is 10.8 Å². The molecule has 0 fully saturated rings. The molecule has 0 spiro atoms. The molecule has 0 amide bonds. The SMILES string of the molecule is Cc1cc2c3c(c1)N(c1c(C)cc(C(C)(C)C)cc1C)c1c(oc4ccccc14)B3c1cc3c(cc1N2c1c(C)cc(C(C)(C)C)cc1C)OCCO3. The van der Waals surface area contributed by atoms with Gasteiger partial charge in [-0.05, 0) is 126 Å². The molecule has 5 aromatic carbocycles. The fourth-order valence-electron chi connectivity index (χ4n) is 9.06. The van der Waals surface area contributed by atoms with Crippen molar-refractivity contribution in [3.8, 4) is 11.5 Å². The summed E-state index contributed by atoms with van der Waals surface area (Å²) in [7, 11) is 0. The maximum atomic E-state index is 7.09. The molecule has 0 aliphatic carbocycles. The van der Waals surface area contributed by atoms with Crippen molar-refractivity contribution in [2.45, 2.75) is 87.0 Å². The minimum absolute atomic E-state index is 0.0299. The molecule has 3 aliphatic heterocycles. The van der Waals surface area contributed by atoms with Gasteiger partial charge in [0.1, 0.15) is 18.8 Å². The Kier molecular flexibility index (Phi) is 7.29. The van der Waals surface area contributed by atoms with E-state index >= 15 is 0 Å². The summed E-state index contributed by atoms with van der Waals surface area (Å²) < 4.78 is 19.7. The van der Waals surface area contributed by atoms with E-state index in [0.717, 1.165) is 45.0 Å². The first-order valence-electron chi connectivity index (χ1n) is 19.0. The number of furan rings is 1. The van der Waals surface area contributed by atoms with Crippen LogP contribution >= 0.6 is 0 Å². The summed E-state index contributed by atoms with van der Waals surface area (Å²) >= 11 is 0. The highest BCUT2D eigenvalue weighted by molar-refractivity contribution is 7.00. The molecule has 3 aliphatic rings. The molecule has 5 nitrogen and oxygen atoms in total. The van der Waals surface area contributed by atoms with E-state index in [1.165, 1.54) is 67.2 Å². The molecule has 0 radical (unpaired) electrons. The minimum atomic E-state index is -0.162. The average molecular weight is 701 g/mol. The third-order valence-electron chi connectivity index (χ3n) is 11.5. The number of anilines is 6. The zero-order chi connectivity index (χ0) is 37.3. The van der Waals surface area contributed by atoms with Crippen LogP contribution in [0, 0.1) is 34.6 Å². The summed E-state index contributed by atoms with van der Waals surface area (Å²) in [5.74, 6) is 1.57. The van der Waals surface area contributed by atoms with Gasteiger partial charge in [-0.2, -0.15) is 0 Å². The number of rotatable bonds is 2. The summed E-state index contributed by atoms with van der Waals surface area (Å²) in [5, 5.41) is 1.11. The number of hydrogen-bond acceptors (Lipinski definition) is 5. The van der Waals surface area contributed by atoms with E-state index in [4.69, 9.17) is 13.9 Å². The number of fused-ring (bicyclic) bond motifs is 7. The van der Waals surface area contributed by atoms with Gasteiger partial charge >= 0.3 is 0 Å². The van der Waals surface area contributed by atoms with Crippen LogP contribution in [0.5, 0.6) is 11.5 Å². The Morgan fingerprint density at radius 1 is 0.566 bits per heavy atom. The molecule has 0 unspecified atom stereocenters. The third-order valence-corrected chi connectivity index (χ3v) is 11.5. The molecular formula is C47H49BN2O3. The van der Waals surface area contributed by atoms with Crippen molar-refractivity contribution >= 4 is 68.4 Å². The van der Waals surface area contributed by atoms with Gasteiger partial charge in [0.15, 0.2) is 11.5 Å². The summed E-state index contributed by atoms with van der Waals surface area (Å²) in [5.41, 5.74) is 20.1. The second-order valence-electron chi connectivity index (χ2n) is 17.6. The molecule has 6 aromatic rings. The lowest BCUT2D eigenvalue weighted by Crippen LogP contribution is -2.61. The van der Waals surface area contributed by atoms with E-state index in [1.54, 1.807) is 0 Å². The molecule has 9 rings (SSSR count). The van der Waals surface area contributed by atoms with Gasteiger partial charge in [0.25, 0.3) is 6.71 Å². The number of aryl methyl sites for hydroxylation is 5. The van der Waals surface area contributed by atoms with E-state index in [2.05, 4.69) is 159 Å². The molecule has 1 aromatic heterocycles. The molecule has 0 saturated heterocycles. The lowest BCUT2D eigenvalue weighted by Gasteiger charge is -2.44. The van der Waals surface area contributed by atoms with E-state index in [-0.39, 0.29) is 17.5 Å². The van der Waals surface area contributed by atoms with Gasteiger partial charge in [-0.3, -0.25) is 0 Å². The Bertz CT molecular complexity index is 2470. The van der Waals surface area contributed by atoms with Crippen LogP contribution < -0.4 is 35.9 Å². The Morgan fingerprint density at radius 2 is 1.08 bits per heavy atom. The zero-order valence-corrected chi connectivity index (χ0v) is 33.0. The van der Waals surface area contributed by atoms with Crippen molar-refractivity contribution < 1.29 is 13.9 Å². The van der Waals surface area contributed by atoms with Crippen molar-refractivity contribution in [1.29, 1.82) is 0 Å². The van der Waals surface area contributed by atoms with Gasteiger partial charge < -0.3 is 23.7 Å². The van der Waals surface area contributed by atoms with Crippen LogP contribution in [-0.4, -0.2) is 19.9 Å². The molecule has 0 saturated carbocycles. The van der Waals surface area contributed by atoms with Crippen molar-refractivity contribution in [3.63, 3.8) is 0 Å². The summed E-state index contributed by atoms with van der Waals surface area (Å²) in [4.78, 5) is 5.02. The predicted octanol–water partition coefficient (Wildman–Crippen LogP) is 10.4. The Labute approximate surface area is 314 Å². The molecule has 53 heavy (non-hydrogen) atoms. The quantitative estimate of drug-likeness (QED) is 0.168. The standard InChI is InChI=1S/C47H49BN2O3/c1-26-18-36-41-37(19-26)50(43-29(4)22-32(23-30(43)5)47(9,10)11)44-33-14-12-13-15-38(33)53-45(44)48(41)34-24-39-40(52-17-16-51-39)25-35(34)49(36)42-27(2)20-31(21-28(42)3)46(6,7)8/h12-15,18-25H,16-17H2,1-11H3. The van der Waals surface area contributed by atoms with E-state index in [0.29, 0.717) is 13.2 Å². The molecule has 268 valence electrons. The predicted molar refractivity (Wildman–Crippen MR) is 222 cm³/mol. The monoisotopic (exact) mass is 700 g/mol. The number of ether oxygens (including phenoxy) is 2. The Hall–Kier alpha value is -5.10. The van der Waals surface area contributed by atoms with E-state index in [9.17, 15) is 0 Å². The number of para-hydroxylation sites is 1. The van der Waals surface area contributed by atoms with Gasteiger partial charge in [-0.15, -0.1) is 0 Å². The van der Waals surface area contributed by atoms with Gasteiger partial charge in [0.2, 0.25) is 0 Å². The Morgan fingerprint density at radius 3 is 1.64 bits per heavy atom. The van der Waals surface area contributed by atoms with Gasteiger partial charge in [-0.25, -0.2) is 0 Å². The summed E-state index contributed by atoms with van der Waals surface area (Å²) in [6, 6.07) is 27.2. The van der Waals surface area contributed by atoms with Crippen LogP contribution in [0.15, 0.2) is 77.2 Å². The van der Waals surface area contributed by atoms with Crippen molar-refractivity contribution in [2.24, 2.45) is 0 Å². The van der Waals surface area contributed by atoms with Crippen molar-refractivity contribution in [3.05, 3.63) is 112 Å². The largest absolute Gasteiger partial charge is 0.486 e. The van der Waals surface area contributed by atoms with Crippen molar-refractivity contribution in [1.82, 2.24) is 0 Å². The van der Waals surface area contributed by atoms with Gasteiger partial charge in [-0.1, -0.05) is 77.9 Å². The second kappa shape index (κ2) is 11.5. The van der Waals surface area contributed by atoms with Crippen LogP contribution in [0.4, 0.5) is 34.1 Å². The van der Waals surface area contributed by atoms with Crippen LogP contribution in [0.3, 0.4) is 0 Å². The zero-order valence-electron chi connectivity index (χ0n) is 33.0. The molecule has 0 bridgehead atoms. The van der Waals surface area contributed by atoms with Gasteiger partial charge in [0.05, 0.1) is 22.7 Å². The highest BCUT2D eigenvalue weighted by Gasteiger charge is 2.48. The number of nitrogens with zero attached hydrogens (tertiary/aromatic N) is 2. The topological polar surface area (TPSA) is 38.1 Å². The average Bonchev–Trinajstić information content (AvgIpc) is 3.47. The maximum Gasteiger partial charge on any atom is 0.297 e. The first-order valence-corrected chi connectivity index (χ1v) is 19.0. The molecule has 0 N–H and O–H groups in total. The minimum Gasteiger partial charge on any atom is -0.486 e. The fraction of sp³-hybridized carbons (Fsp3) is 0.319. The Balaban J connectivity index is 1.41. The molecular weight excluding hydrogens is 651 g/mol. The highest BCUT2D eigenvalue weighted by atomic mass is 16.6. The van der Waals surface area contributed by atoms with Crippen LogP contribution in [0.2, 0.25) is 0 Å². The second-order valence-corrected chi connectivity index (χ2v) is 17.6. The lowest BCUT2D eigenvalue weighted by atomic mass is 9.35. The van der Waals surface area contributed by atoms with Gasteiger partial charge in [0, 0.05) is 28.5 Å². The molecule has 4 heterocycles. The van der Waals surface area contributed by atoms with Crippen molar-refractivity contribution in [2.75, 3.05) is 23.0 Å². The normalized spacial score (nSPS) is 14.7. The van der Waals surface area contributed by atoms with E-state index < -0.39 is 0 Å². The highest BCUT2D eigenvalue weighted by Crippen LogP contribution is 2.51. The van der Waals surface area contributed by atoms with Crippen LogP contribution in [0.1, 0.15) is 80.5 Å². The number of benzene rings is 5. The smallest absolute Gasteiger partial charge is 0.297 e. The maximum absolute atomic E-state index is 7.09. The lowest BCUT2D eigenvalue weighted by molar-refractivity contribution is 0.172. The molecule has 0 atom stereocenters. The number of hydrogen-bond donors (Lipinski definition) is 0. The first kappa shape index (κ1) is 33.7. The first-order chi connectivity index (χ1) is 25.1. The fourth-order valence-corrected chi connectivity index (χ4v) is 9.06. The summed E-state index contributed by atoms with van der Waals surface area (Å²) in [6.07, 6.45) is 0. The van der Waals surface area contributed by atoms with Crippen LogP contribution in [0.25, 0.3) is 11.0 Å². The van der Waals surface area contributed by atoms with E-state index in [1.807, 2.05) is 0 Å². The summed E-state index contributed by atoms with van der Waals surface area (Å²) in [6.45, 7) is 25.9.